The molecule has 0 aromatic heterocycles. The van der Waals surface area contributed by atoms with E-state index in [-0.39, 0.29) is 29.6 Å². The molecule has 0 spiro atoms. The van der Waals surface area contributed by atoms with Crippen molar-refractivity contribution in [2.75, 3.05) is 13.7 Å². The van der Waals surface area contributed by atoms with Gasteiger partial charge >= 0.3 is 5.97 Å². The molecule has 0 N–H and O–H groups in total. The van der Waals surface area contributed by atoms with Gasteiger partial charge in [0.15, 0.2) is 0 Å². The lowest BCUT2D eigenvalue weighted by atomic mass is 9.94. The van der Waals surface area contributed by atoms with Crippen molar-refractivity contribution in [3.63, 3.8) is 0 Å². The molecule has 1 aliphatic rings. The summed E-state index contributed by atoms with van der Waals surface area (Å²) < 4.78 is 31.8. The highest BCUT2D eigenvalue weighted by Crippen LogP contribution is 2.33. The minimum absolute atomic E-state index is 0.0171. The molecule has 0 bridgehead atoms. The number of benzene rings is 1. The van der Waals surface area contributed by atoms with Crippen molar-refractivity contribution in [1.82, 2.24) is 4.31 Å². The number of ether oxygens (including phenoxy) is 1. The van der Waals surface area contributed by atoms with E-state index < -0.39 is 22.0 Å². The fraction of sp³-hybridized carbons (Fsp3) is 0.529. The zero-order valence-corrected chi connectivity index (χ0v) is 15.0. The van der Waals surface area contributed by atoms with Crippen LogP contribution in [0.2, 0.25) is 0 Å². The summed E-state index contributed by atoms with van der Waals surface area (Å²) in [6, 6.07) is 5.55. The Hall–Kier alpha value is -1.73. The maximum absolute atomic E-state index is 12.9. The molecule has 0 aliphatic carbocycles. The Morgan fingerprint density at radius 3 is 2.42 bits per heavy atom. The second kappa shape index (κ2) is 7.44. The molecule has 0 saturated carbocycles. The predicted octanol–water partition coefficient (Wildman–Crippen LogP) is 1.92. The fourth-order valence-electron chi connectivity index (χ4n) is 3.02. The summed E-state index contributed by atoms with van der Waals surface area (Å²) in [5.41, 5.74) is 0.950. The number of sulfonamides is 1. The van der Waals surface area contributed by atoms with E-state index in [1.807, 2.05) is 6.92 Å². The molecular weight excluding hydrogens is 330 g/mol. The summed E-state index contributed by atoms with van der Waals surface area (Å²) in [6.45, 7) is 3.83. The first-order valence-electron chi connectivity index (χ1n) is 7.99. The number of carbonyl (C=O) groups excluding carboxylic acids is 2. The number of esters is 1. The van der Waals surface area contributed by atoms with Gasteiger partial charge in [-0.2, -0.15) is 4.31 Å². The molecule has 0 unspecified atom stereocenters. The molecule has 2 rings (SSSR count). The second-order valence-corrected chi connectivity index (χ2v) is 7.93. The molecule has 2 atom stereocenters. The average Bonchev–Trinajstić information content (AvgIpc) is 2.98. The van der Waals surface area contributed by atoms with Gasteiger partial charge in [0.1, 0.15) is 11.8 Å². The van der Waals surface area contributed by atoms with Crippen LogP contribution in [0.4, 0.5) is 0 Å². The van der Waals surface area contributed by atoms with E-state index in [9.17, 15) is 18.0 Å². The standard InChI is InChI=1S/C17H23NO5S/c1-4-14(19)11-13-9-10-18(16(13)17(20)23-3)24(21,22)15-7-5-12(2)6-8-15/h5-8,13,16H,4,9-11H2,1-3H3/t13-,16-/m1/s1. The topological polar surface area (TPSA) is 80.8 Å². The van der Waals surface area contributed by atoms with Crippen molar-refractivity contribution >= 4 is 21.8 Å². The van der Waals surface area contributed by atoms with Gasteiger partial charge in [-0.1, -0.05) is 24.6 Å². The lowest BCUT2D eigenvalue weighted by molar-refractivity contribution is -0.145. The first-order chi connectivity index (χ1) is 11.3. The van der Waals surface area contributed by atoms with Crippen molar-refractivity contribution < 1.29 is 22.7 Å². The average molecular weight is 353 g/mol. The quantitative estimate of drug-likeness (QED) is 0.730. The van der Waals surface area contributed by atoms with E-state index in [0.29, 0.717) is 12.8 Å². The summed E-state index contributed by atoms with van der Waals surface area (Å²) >= 11 is 0. The third-order valence-corrected chi connectivity index (χ3v) is 6.33. The van der Waals surface area contributed by atoms with Crippen LogP contribution in [0.25, 0.3) is 0 Å². The Bertz CT molecular complexity index is 711. The van der Waals surface area contributed by atoms with Crippen molar-refractivity contribution in [2.45, 2.75) is 44.0 Å². The van der Waals surface area contributed by atoms with Crippen LogP contribution in [-0.4, -0.2) is 44.2 Å². The van der Waals surface area contributed by atoms with Crippen LogP contribution in [-0.2, 0) is 24.3 Å². The van der Waals surface area contributed by atoms with Crippen LogP contribution in [0.15, 0.2) is 29.2 Å². The molecule has 1 aromatic rings. The molecule has 24 heavy (non-hydrogen) atoms. The predicted molar refractivity (Wildman–Crippen MR) is 88.9 cm³/mol. The summed E-state index contributed by atoms with van der Waals surface area (Å²) in [5.74, 6) is -0.939. The molecule has 0 amide bonds. The summed E-state index contributed by atoms with van der Waals surface area (Å²) in [4.78, 5) is 24.1. The highest BCUT2D eigenvalue weighted by Gasteiger charge is 2.46. The molecule has 7 heteroatoms. The number of ketones is 1. The first-order valence-corrected chi connectivity index (χ1v) is 9.43. The van der Waals surface area contributed by atoms with Crippen LogP contribution >= 0.6 is 0 Å². The summed E-state index contributed by atoms with van der Waals surface area (Å²) in [5, 5.41) is 0. The Balaban J connectivity index is 2.35. The van der Waals surface area contributed by atoms with Crippen molar-refractivity contribution in [3.05, 3.63) is 29.8 Å². The summed E-state index contributed by atoms with van der Waals surface area (Å²) in [6.07, 6.45) is 1.03. The third kappa shape index (κ3) is 3.67. The lowest BCUT2D eigenvalue weighted by Crippen LogP contribution is -2.44. The van der Waals surface area contributed by atoms with Crippen LogP contribution in [0, 0.1) is 12.8 Å². The highest BCUT2D eigenvalue weighted by molar-refractivity contribution is 7.89. The first kappa shape index (κ1) is 18.6. The number of carbonyl (C=O) groups is 2. The number of Topliss-reactive ketones (excluding diaryl/α,β-unsaturated/α-hetero) is 1. The van der Waals surface area contributed by atoms with Crippen molar-refractivity contribution in [3.8, 4) is 0 Å². The highest BCUT2D eigenvalue weighted by atomic mass is 32.2. The molecule has 132 valence electrons. The molecule has 1 saturated heterocycles. The van der Waals surface area contributed by atoms with Gasteiger partial charge in [-0.15, -0.1) is 0 Å². The van der Waals surface area contributed by atoms with Gasteiger partial charge in [-0.3, -0.25) is 9.59 Å². The zero-order chi connectivity index (χ0) is 17.9. The molecule has 1 aliphatic heterocycles. The molecular formula is C17H23NO5S. The Morgan fingerprint density at radius 1 is 1.25 bits per heavy atom. The number of aryl methyl sites for hydroxylation is 1. The van der Waals surface area contributed by atoms with E-state index in [1.165, 1.54) is 23.5 Å². The maximum atomic E-state index is 12.9. The number of hydrogen-bond donors (Lipinski definition) is 0. The van der Waals surface area contributed by atoms with E-state index >= 15 is 0 Å². The van der Waals surface area contributed by atoms with Gasteiger partial charge in [0.25, 0.3) is 0 Å². The third-order valence-electron chi connectivity index (χ3n) is 4.43. The van der Waals surface area contributed by atoms with Crippen molar-refractivity contribution in [1.29, 1.82) is 0 Å². The lowest BCUT2D eigenvalue weighted by Gasteiger charge is -2.25. The number of nitrogens with zero attached hydrogens (tertiary/aromatic N) is 1. The second-order valence-electron chi connectivity index (χ2n) is 6.04. The smallest absolute Gasteiger partial charge is 0.324 e. The Kier molecular flexibility index (Phi) is 5.77. The van der Waals surface area contributed by atoms with Gasteiger partial charge in [0.05, 0.1) is 12.0 Å². The van der Waals surface area contributed by atoms with E-state index in [0.717, 1.165) is 5.56 Å². The molecule has 0 radical (unpaired) electrons. The molecule has 1 fully saturated rings. The van der Waals surface area contributed by atoms with Crippen LogP contribution in [0.3, 0.4) is 0 Å². The van der Waals surface area contributed by atoms with Crippen LogP contribution < -0.4 is 0 Å². The number of methoxy groups -OCH3 is 1. The zero-order valence-electron chi connectivity index (χ0n) is 14.2. The van der Waals surface area contributed by atoms with E-state index in [1.54, 1.807) is 19.1 Å². The normalized spacial score (nSPS) is 21.6. The summed E-state index contributed by atoms with van der Waals surface area (Å²) in [7, 11) is -2.58. The Labute approximate surface area is 142 Å². The van der Waals surface area contributed by atoms with Gasteiger partial charge in [-0.05, 0) is 31.4 Å². The van der Waals surface area contributed by atoms with Crippen LogP contribution in [0.5, 0.6) is 0 Å². The molecule has 1 heterocycles. The van der Waals surface area contributed by atoms with E-state index in [4.69, 9.17) is 4.74 Å². The minimum Gasteiger partial charge on any atom is -0.468 e. The van der Waals surface area contributed by atoms with Gasteiger partial charge < -0.3 is 4.74 Å². The number of rotatable bonds is 6. The van der Waals surface area contributed by atoms with E-state index in [2.05, 4.69) is 0 Å². The molecule has 1 aromatic carbocycles. The maximum Gasteiger partial charge on any atom is 0.324 e. The largest absolute Gasteiger partial charge is 0.468 e. The number of hydrogen-bond acceptors (Lipinski definition) is 5. The van der Waals surface area contributed by atoms with Crippen LogP contribution in [0.1, 0.15) is 31.7 Å². The SMILES string of the molecule is CCC(=O)C[C@H]1CCN(S(=O)(=O)c2ccc(C)cc2)[C@H]1C(=O)OC. The fourth-order valence-corrected chi connectivity index (χ4v) is 4.68. The van der Waals surface area contributed by atoms with Gasteiger partial charge in [-0.25, -0.2) is 8.42 Å². The Morgan fingerprint density at radius 2 is 1.88 bits per heavy atom. The van der Waals surface area contributed by atoms with Gasteiger partial charge in [0.2, 0.25) is 10.0 Å². The monoisotopic (exact) mass is 353 g/mol. The minimum atomic E-state index is -3.81. The van der Waals surface area contributed by atoms with Gasteiger partial charge in [0, 0.05) is 19.4 Å². The molecule has 6 nitrogen and oxygen atoms in total. The van der Waals surface area contributed by atoms with Crippen molar-refractivity contribution in [2.24, 2.45) is 5.92 Å².